The molecule has 14 heavy (non-hydrogen) atoms. The van der Waals surface area contributed by atoms with E-state index in [-0.39, 0.29) is 8.80 Å². The van der Waals surface area contributed by atoms with Crippen molar-refractivity contribution in [2.75, 3.05) is 0 Å². The number of hydrogen-bond donors (Lipinski definition) is 0. The van der Waals surface area contributed by atoms with Crippen LogP contribution in [0.3, 0.4) is 0 Å². The van der Waals surface area contributed by atoms with Crippen LogP contribution in [-0.2, 0) is 4.12 Å². The maximum atomic E-state index is 6.09. The third-order valence-electron chi connectivity index (χ3n) is 1.88. The highest BCUT2D eigenvalue weighted by Gasteiger charge is 2.23. The normalized spacial score (nSPS) is 11.6. The van der Waals surface area contributed by atoms with Crippen LogP contribution in [0.4, 0.5) is 0 Å². The van der Waals surface area contributed by atoms with Crippen LogP contribution >= 0.6 is 0 Å². The molecule has 0 saturated carbocycles. The average Bonchev–Trinajstić information content (AvgIpc) is 2.03. The van der Waals surface area contributed by atoms with Gasteiger partial charge in [-0.1, -0.05) is 33.0 Å². The minimum absolute atomic E-state index is 0.345. The van der Waals surface area contributed by atoms with Crippen molar-refractivity contribution >= 4 is 26.2 Å². The second kappa shape index (κ2) is 8.88. The van der Waals surface area contributed by atoms with E-state index < -0.39 is 17.4 Å². The highest BCUT2D eigenvalue weighted by molar-refractivity contribution is 6.78. The van der Waals surface area contributed by atoms with E-state index in [9.17, 15) is 0 Å². The Morgan fingerprint density at radius 3 is 1.71 bits per heavy atom. The smallest absolute Gasteiger partial charge is 0.172 e. The summed E-state index contributed by atoms with van der Waals surface area (Å²) in [5, 5.41) is 0. The molecule has 0 spiro atoms. The van der Waals surface area contributed by atoms with Gasteiger partial charge < -0.3 is 4.12 Å². The van der Waals surface area contributed by atoms with Crippen LogP contribution in [0.1, 0.15) is 13.8 Å². The van der Waals surface area contributed by atoms with E-state index >= 15 is 0 Å². The highest BCUT2D eigenvalue weighted by atomic mass is 28.4. The van der Waals surface area contributed by atoms with Gasteiger partial charge in [-0.15, -0.1) is 0 Å². The number of rotatable bonds is 5. The molecule has 0 heterocycles. The molecule has 0 unspecified atom stereocenters. The first-order chi connectivity index (χ1) is 6.33. The van der Waals surface area contributed by atoms with Crippen molar-refractivity contribution < 1.29 is 4.12 Å². The second-order valence-electron chi connectivity index (χ2n) is 4.86. The molecule has 0 saturated heterocycles. The van der Waals surface area contributed by atoms with Gasteiger partial charge in [-0.3, -0.25) is 0 Å². The van der Waals surface area contributed by atoms with E-state index in [1.54, 1.807) is 0 Å². The first-order valence-electron chi connectivity index (χ1n) is 6.01. The van der Waals surface area contributed by atoms with E-state index in [1.807, 2.05) is 13.8 Å². The second-order valence-corrected chi connectivity index (χ2v) is 15.3. The molecule has 0 radical (unpaired) electrons. The zero-order chi connectivity index (χ0) is 11.8. The van der Waals surface area contributed by atoms with Gasteiger partial charge in [0, 0.05) is 8.80 Å². The zero-order valence-corrected chi connectivity index (χ0v) is 14.8. The summed E-state index contributed by atoms with van der Waals surface area (Å²) in [5.41, 5.74) is 0. The molecule has 0 aliphatic rings. The van der Waals surface area contributed by atoms with Crippen molar-refractivity contribution in [3.8, 4) is 0 Å². The van der Waals surface area contributed by atoms with Crippen LogP contribution in [0.25, 0.3) is 0 Å². The topological polar surface area (TPSA) is 9.23 Å². The zero-order valence-electron chi connectivity index (χ0n) is 11.5. The van der Waals surface area contributed by atoms with Gasteiger partial charge in [-0.05, 0) is 32.2 Å². The van der Waals surface area contributed by atoms with Crippen LogP contribution in [0.5, 0.6) is 0 Å². The molecular formula is C10H30OSi3. The Bertz CT molecular complexity index is 125. The van der Waals surface area contributed by atoms with Crippen molar-refractivity contribution in [2.24, 2.45) is 0 Å². The summed E-state index contributed by atoms with van der Waals surface area (Å²) in [6.07, 6.45) is 0. The molecule has 0 aromatic heterocycles. The minimum atomic E-state index is -1.23. The standard InChI is InChI=1S/C8H24OSi3.C2H6/c1-10(2)7-8-12(5,6)9-11(3)4;1-2/h10-11H,7-8H2,1-6H3;1-2H3. The average molecular weight is 251 g/mol. The maximum absolute atomic E-state index is 6.09. The molecule has 0 atom stereocenters. The van der Waals surface area contributed by atoms with E-state index in [4.69, 9.17) is 4.12 Å². The largest absolute Gasteiger partial charge is 0.458 e. The minimum Gasteiger partial charge on any atom is -0.458 e. The fourth-order valence-electron chi connectivity index (χ4n) is 1.33. The Labute approximate surface area is 95.7 Å². The lowest BCUT2D eigenvalue weighted by Gasteiger charge is -2.26. The van der Waals surface area contributed by atoms with E-state index in [0.717, 1.165) is 0 Å². The Morgan fingerprint density at radius 2 is 1.43 bits per heavy atom. The maximum Gasteiger partial charge on any atom is 0.172 e. The van der Waals surface area contributed by atoms with Crippen molar-refractivity contribution in [3.63, 3.8) is 0 Å². The third kappa shape index (κ3) is 12.6. The highest BCUT2D eigenvalue weighted by Crippen LogP contribution is 2.16. The Morgan fingerprint density at radius 1 is 1.00 bits per heavy atom. The summed E-state index contributed by atoms with van der Waals surface area (Å²) in [4.78, 5) is 0. The Balaban J connectivity index is 0. The first-order valence-corrected chi connectivity index (χ1v) is 15.0. The third-order valence-corrected chi connectivity index (χ3v) is 9.83. The lowest BCUT2D eigenvalue weighted by molar-refractivity contribution is 0.573. The van der Waals surface area contributed by atoms with Gasteiger partial charge in [0.15, 0.2) is 17.4 Å². The molecule has 0 aliphatic heterocycles. The quantitative estimate of drug-likeness (QED) is 0.676. The van der Waals surface area contributed by atoms with Crippen LogP contribution < -0.4 is 0 Å². The van der Waals surface area contributed by atoms with Crippen LogP contribution in [0.15, 0.2) is 0 Å². The molecular weight excluding hydrogens is 220 g/mol. The van der Waals surface area contributed by atoms with Crippen LogP contribution in [0, 0.1) is 0 Å². The van der Waals surface area contributed by atoms with Gasteiger partial charge in [0.25, 0.3) is 0 Å². The fourth-order valence-corrected chi connectivity index (χ4v) is 12.0. The van der Waals surface area contributed by atoms with E-state index in [0.29, 0.717) is 0 Å². The lowest BCUT2D eigenvalue weighted by Crippen LogP contribution is -2.35. The van der Waals surface area contributed by atoms with Gasteiger partial charge >= 0.3 is 0 Å². The summed E-state index contributed by atoms with van der Waals surface area (Å²) in [7, 11) is -2.36. The molecule has 0 amide bonds. The Kier molecular flexibility index (Phi) is 10.8. The predicted octanol–water partition coefficient (Wildman–Crippen LogP) is 3.70. The van der Waals surface area contributed by atoms with Crippen molar-refractivity contribution in [3.05, 3.63) is 0 Å². The van der Waals surface area contributed by atoms with Crippen molar-refractivity contribution in [2.45, 2.75) is 65.2 Å². The molecule has 0 rings (SSSR count). The molecule has 1 nitrogen and oxygen atoms in total. The SMILES string of the molecule is CC.C[SiH](C)CC[Si](C)(C)O[SiH](C)C. The molecule has 0 aromatic rings. The van der Waals surface area contributed by atoms with Crippen LogP contribution in [-0.4, -0.2) is 26.2 Å². The molecule has 0 fully saturated rings. The summed E-state index contributed by atoms with van der Waals surface area (Å²) >= 11 is 0. The summed E-state index contributed by atoms with van der Waals surface area (Å²) < 4.78 is 6.09. The molecule has 4 heteroatoms. The fraction of sp³-hybridized carbons (Fsp3) is 1.00. The molecule has 88 valence electrons. The van der Waals surface area contributed by atoms with E-state index in [1.165, 1.54) is 12.1 Å². The van der Waals surface area contributed by atoms with Gasteiger partial charge in [0.05, 0.1) is 0 Å². The Hall–Kier alpha value is 0.611. The van der Waals surface area contributed by atoms with Gasteiger partial charge in [-0.2, -0.15) is 0 Å². The van der Waals surface area contributed by atoms with Crippen molar-refractivity contribution in [1.82, 2.24) is 0 Å². The predicted molar refractivity (Wildman–Crippen MR) is 77.3 cm³/mol. The summed E-state index contributed by atoms with van der Waals surface area (Å²) in [5.74, 6) is 0. The van der Waals surface area contributed by atoms with Crippen LogP contribution in [0.2, 0.25) is 51.4 Å². The molecule has 0 N–H and O–H groups in total. The summed E-state index contributed by atoms with van der Waals surface area (Å²) in [6, 6.07) is 2.86. The molecule has 0 aromatic carbocycles. The van der Waals surface area contributed by atoms with E-state index in [2.05, 4.69) is 39.3 Å². The number of hydrogen-bond acceptors (Lipinski definition) is 1. The lowest BCUT2D eigenvalue weighted by atomic mass is 10.9. The van der Waals surface area contributed by atoms with Gasteiger partial charge in [0.2, 0.25) is 0 Å². The molecule has 0 aliphatic carbocycles. The van der Waals surface area contributed by atoms with Gasteiger partial charge in [0.1, 0.15) is 0 Å². The van der Waals surface area contributed by atoms with Gasteiger partial charge in [-0.25, -0.2) is 0 Å². The van der Waals surface area contributed by atoms with Crippen molar-refractivity contribution in [1.29, 1.82) is 0 Å². The monoisotopic (exact) mass is 250 g/mol. The molecule has 0 bridgehead atoms. The summed E-state index contributed by atoms with van der Waals surface area (Å²) in [6.45, 7) is 18.2. The first kappa shape index (κ1) is 17.0.